The third-order valence-electron chi connectivity index (χ3n) is 4.73. The zero-order valence-electron chi connectivity index (χ0n) is 15.6. The van der Waals surface area contributed by atoms with Crippen LogP contribution in [-0.2, 0) is 16.4 Å². The maximum Gasteiger partial charge on any atom is 0.251 e. The van der Waals surface area contributed by atoms with E-state index >= 15 is 0 Å². The first-order valence-corrected chi connectivity index (χ1v) is 11.3. The second-order valence-corrected chi connectivity index (χ2v) is 9.66. The largest absolute Gasteiger partial charge is 0.326 e. The molecule has 6 nitrogen and oxygen atoms in total. The van der Waals surface area contributed by atoms with Crippen molar-refractivity contribution < 1.29 is 8.42 Å². The highest BCUT2D eigenvalue weighted by Crippen LogP contribution is 2.32. The molecule has 150 valence electrons. The first-order chi connectivity index (χ1) is 12.4. The van der Waals surface area contributed by atoms with Crippen molar-refractivity contribution in [1.82, 2.24) is 14.6 Å². The molecule has 27 heavy (non-hydrogen) atoms. The van der Waals surface area contributed by atoms with Crippen molar-refractivity contribution in [2.45, 2.75) is 37.3 Å². The topological polar surface area (TPSA) is 82.3 Å². The number of aromatic nitrogens is 1. The van der Waals surface area contributed by atoms with Gasteiger partial charge in [0.2, 0.25) is 10.0 Å². The molecule has 0 aliphatic carbocycles. The third-order valence-corrected chi connectivity index (χ3v) is 7.80. The van der Waals surface area contributed by atoms with Crippen molar-refractivity contribution in [2.24, 2.45) is 0 Å². The number of nitrogens with zero attached hydrogens (tertiary/aromatic N) is 1. The summed E-state index contributed by atoms with van der Waals surface area (Å²) in [5, 5.41) is 0. The molecular weight excluding hydrogens is 406 g/mol. The summed E-state index contributed by atoms with van der Waals surface area (Å²) in [4.78, 5) is 17.9. The van der Waals surface area contributed by atoms with Crippen LogP contribution in [0.4, 0.5) is 0 Å². The van der Waals surface area contributed by atoms with Crippen molar-refractivity contribution in [3.8, 4) is 10.4 Å². The fraction of sp³-hybridized carbons (Fsp3) is 0.500. The molecule has 1 aliphatic heterocycles. The maximum absolute atomic E-state index is 12.5. The minimum absolute atomic E-state index is 0. The summed E-state index contributed by atoms with van der Waals surface area (Å²) in [6, 6.07) is 5.30. The van der Waals surface area contributed by atoms with Gasteiger partial charge in [0.05, 0.1) is 0 Å². The molecule has 0 atom stereocenters. The van der Waals surface area contributed by atoms with E-state index in [4.69, 9.17) is 0 Å². The zero-order valence-corrected chi connectivity index (χ0v) is 18.0. The number of hydrogen-bond donors (Lipinski definition) is 2. The van der Waals surface area contributed by atoms with Crippen LogP contribution in [0.25, 0.3) is 10.4 Å². The van der Waals surface area contributed by atoms with E-state index in [1.807, 2.05) is 19.9 Å². The molecule has 0 aromatic carbocycles. The van der Waals surface area contributed by atoms with Crippen LogP contribution in [0.5, 0.6) is 0 Å². The highest BCUT2D eigenvalue weighted by Gasteiger charge is 2.19. The Bertz CT molecular complexity index is 932. The maximum atomic E-state index is 12.5. The molecule has 0 saturated carbocycles. The monoisotopic (exact) mass is 431 g/mol. The Hall–Kier alpha value is -1.19. The van der Waals surface area contributed by atoms with Gasteiger partial charge < -0.3 is 9.88 Å². The number of thiophene rings is 1. The average Bonchev–Trinajstić information content (AvgIpc) is 3.26. The molecule has 0 amide bonds. The van der Waals surface area contributed by atoms with Gasteiger partial charge in [0.1, 0.15) is 4.21 Å². The van der Waals surface area contributed by atoms with Crippen LogP contribution >= 0.6 is 23.7 Å². The van der Waals surface area contributed by atoms with E-state index in [-0.39, 0.29) is 18.0 Å². The number of halogens is 1. The van der Waals surface area contributed by atoms with E-state index in [0.717, 1.165) is 35.8 Å². The van der Waals surface area contributed by atoms with Crippen molar-refractivity contribution in [1.29, 1.82) is 0 Å². The molecule has 0 radical (unpaired) electrons. The van der Waals surface area contributed by atoms with E-state index in [1.54, 1.807) is 12.1 Å². The quantitative estimate of drug-likeness (QED) is 0.706. The van der Waals surface area contributed by atoms with Crippen molar-refractivity contribution in [3.05, 3.63) is 39.8 Å². The van der Waals surface area contributed by atoms with Gasteiger partial charge >= 0.3 is 0 Å². The van der Waals surface area contributed by atoms with Gasteiger partial charge in [-0.15, -0.1) is 23.7 Å². The van der Waals surface area contributed by atoms with Gasteiger partial charge in [0.15, 0.2) is 0 Å². The van der Waals surface area contributed by atoms with Gasteiger partial charge in [-0.1, -0.05) is 6.92 Å². The number of likely N-dealkylation sites (tertiary alicyclic amines) is 1. The molecule has 1 aliphatic rings. The SMILES string of the molecule is CCc1cc(-c2ccc(S(=O)(=O)NCCN3CCCC3)s2)c(C)[nH]c1=O.Cl. The third kappa shape index (κ3) is 5.20. The highest BCUT2D eigenvalue weighted by atomic mass is 35.5. The Morgan fingerprint density at radius 3 is 2.63 bits per heavy atom. The van der Waals surface area contributed by atoms with Gasteiger partial charge in [0.25, 0.3) is 5.56 Å². The minimum Gasteiger partial charge on any atom is -0.326 e. The molecule has 1 saturated heterocycles. The summed E-state index contributed by atoms with van der Waals surface area (Å²) in [5.74, 6) is 0. The van der Waals surface area contributed by atoms with Crippen LogP contribution in [-0.4, -0.2) is 44.5 Å². The molecule has 2 aromatic heterocycles. The Kier molecular flexibility index (Phi) is 7.64. The predicted molar refractivity (Wildman–Crippen MR) is 113 cm³/mol. The Labute approximate surface area is 170 Å². The average molecular weight is 432 g/mol. The van der Waals surface area contributed by atoms with Gasteiger partial charge in [-0.25, -0.2) is 13.1 Å². The van der Waals surface area contributed by atoms with Crippen molar-refractivity contribution >= 4 is 33.8 Å². The van der Waals surface area contributed by atoms with E-state index in [9.17, 15) is 13.2 Å². The molecule has 2 N–H and O–H groups in total. The van der Waals surface area contributed by atoms with Gasteiger partial charge in [0, 0.05) is 34.8 Å². The fourth-order valence-corrected chi connectivity index (χ4v) is 5.65. The number of nitrogens with one attached hydrogen (secondary N) is 2. The lowest BCUT2D eigenvalue weighted by molar-refractivity contribution is 0.344. The standard InChI is InChI=1S/C18H25N3O3S2.ClH/c1-3-14-12-15(13(2)20-18(14)22)16-6-7-17(25-16)26(23,24)19-8-11-21-9-4-5-10-21;/h6-7,12,19H,3-5,8-11H2,1-2H3,(H,20,22);1H. The lowest BCUT2D eigenvalue weighted by Gasteiger charge is -2.14. The molecule has 0 spiro atoms. The highest BCUT2D eigenvalue weighted by molar-refractivity contribution is 7.91. The normalized spacial score (nSPS) is 15.0. The Morgan fingerprint density at radius 1 is 1.26 bits per heavy atom. The second kappa shape index (κ2) is 9.34. The van der Waals surface area contributed by atoms with E-state index < -0.39 is 10.0 Å². The Balaban J connectivity index is 0.00000261. The second-order valence-electron chi connectivity index (χ2n) is 6.58. The summed E-state index contributed by atoms with van der Waals surface area (Å²) in [6.45, 7) is 7.03. The molecule has 3 heterocycles. The molecule has 9 heteroatoms. The number of aryl methyl sites for hydroxylation is 2. The summed E-state index contributed by atoms with van der Waals surface area (Å²) < 4.78 is 28.1. The molecule has 1 fully saturated rings. The molecule has 0 unspecified atom stereocenters. The number of hydrogen-bond acceptors (Lipinski definition) is 5. The summed E-state index contributed by atoms with van der Waals surface area (Å²) in [6.07, 6.45) is 3.02. The molecule has 0 bridgehead atoms. The molecule has 3 rings (SSSR count). The van der Waals surface area contributed by atoms with E-state index in [2.05, 4.69) is 14.6 Å². The van der Waals surface area contributed by atoms with E-state index in [1.165, 1.54) is 24.2 Å². The van der Waals surface area contributed by atoms with Crippen LogP contribution in [0.3, 0.4) is 0 Å². The van der Waals surface area contributed by atoms with Crippen molar-refractivity contribution in [2.75, 3.05) is 26.2 Å². The first-order valence-electron chi connectivity index (χ1n) is 8.95. The fourth-order valence-electron chi connectivity index (χ4n) is 3.21. The van der Waals surface area contributed by atoms with Crippen LogP contribution in [0.2, 0.25) is 0 Å². The number of sulfonamides is 1. The van der Waals surface area contributed by atoms with E-state index in [0.29, 0.717) is 22.7 Å². The lowest BCUT2D eigenvalue weighted by Crippen LogP contribution is -2.33. The molecular formula is C18H26ClN3O3S2. The summed E-state index contributed by atoms with van der Waals surface area (Å²) in [7, 11) is -3.51. The van der Waals surface area contributed by atoms with Crippen molar-refractivity contribution in [3.63, 3.8) is 0 Å². The zero-order chi connectivity index (χ0) is 18.7. The number of aromatic amines is 1. The predicted octanol–water partition coefficient (Wildman–Crippen LogP) is 2.77. The minimum atomic E-state index is -3.51. The number of H-pyrrole nitrogens is 1. The molecule has 2 aromatic rings. The smallest absolute Gasteiger partial charge is 0.251 e. The van der Waals surface area contributed by atoms with Crippen LogP contribution < -0.4 is 10.3 Å². The van der Waals surface area contributed by atoms with Crippen LogP contribution in [0, 0.1) is 6.92 Å². The Morgan fingerprint density at radius 2 is 1.96 bits per heavy atom. The van der Waals surface area contributed by atoms with Gasteiger partial charge in [-0.3, -0.25) is 4.79 Å². The lowest BCUT2D eigenvalue weighted by atomic mass is 10.1. The van der Waals surface area contributed by atoms with Gasteiger partial charge in [-0.05, 0) is 57.5 Å². The summed E-state index contributed by atoms with van der Waals surface area (Å²) in [5.41, 5.74) is 2.25. The van der Waals surface area contributed by atoms with Gasteiger partial charge in [-0.2, -0.15) is 0 Å². The number of pyridine rings is 1. The number of rotatable bonds is 7. The van der Waals surface area contributed by atoms with Crippen LogP contribution in [0.1, 0.15) is 31.0 Å². The summed E-state index contributed by atoms with van der Waals surface area (Å²) >= 11 is 1.23. The first kappa shape index (κ1) is 22.1. The van der Waals surface area contributed by atoms with Crippen LogP contribution in [0.15, 0.2) is 27.2 Å².